The van der Waals surface area contributed by atoms with Gasteiger partial charge in [0, 0.05) is 12.3 Å². The first kappa shape index (κ1) is 23.1. The van der Waals surface area contributed by atoms with Crippen molar-refractivity contribution in [3.63, 3.8) is 0 Å². The van der Waals surface area contributed by atoms with Crippen molar-refractivity contribution in [3.05, 3.63) is 0 Å². The van der Waals surface area contributed by atoms with E-state index in [1.807, 2.05) is 6.92 Å². The van der Waals surface area contributed by atoms with Crippen LogP contribution in [0.15, 0.2) is 0 Å². The number of carbonyl (C=O) groups excluding carboxylic acids is 1. The summed E-state index contributed by atoms with van der Waals surface area (Å²) in [6.07, 6.45) is 9.45. The third kappa shape index (κ3) is 7.02. The van der Waals surface area contributed by atoms with Crippen LogP contribution in [0.2, 0.25) is 0 Å². The van der Waals surface area contributed by atoms with Crippen LogP contribution in [0.4, 0.5) is 0 Å². The van der Waals surface area contributed by atoms with Crippen LogP contribution in [0.5, 0.6) is 0 Å². The molecule has 0 radical (unpaired) electrons. The van der Waals surface area contributed by atoms with Crippen molar-refractivity contribution in [2.24, 2.45) is 23.7 Å². The molecule has 0 aliphatic heterocycles. The maximum absolute atomic E-state index is 12.6. The molecule has 2 unspecified atom stereocenters. The summed E-state index contributed by atoms with van der Waals surface area (Å²) in [6, 6.07) is 0. The summed E-state index contributed by atoms with van der Waals surface area (Å²) in [5.74, 6) is -1.33. The predicted molar refractivity (Wildman–Crippen MR) is 105 cm³/mol. The second kappa shape index (κ2) is 11.1. The molecule has 5 atom stereocenters. The van der Waals surface area contributed by atoms with Gasteiger partial charge in [0.25, 0.3) is 0 Å². The summed E-state index contributed by atoms with van der Waals surface area (Å²) >= 11 is 0. The highest BCUT2D eigenvalue weighted by molar-refractivity contribution is 5.88. The SMILES string of the molecule is CCCCCC(C(=O)O)[C@@H]1C(=O)C[C@@H](C)[C@@H]1CCC(C)(O)CCCCC. The average Bonchev–Trinajstić information content (AvgIpc) is 2.83. The number of hydrogen-bond acceptors (Lipinski definition) is 3. The molecule has 1 saturated carbocycles. The minimum Gasteiger partial charge on any atom is -0.481 e. The Labute approximate surface area is 159 Å². The van der Waals surface area contributed by atoms with Crippen molar-refractivity contribution in [2.75, 3.05) is 0 Å². The number of unbranched alkanes of at least 4 members (excludes halogenated alkanes) is 4. The number of hydrogen-bond donors (Lipinski definition) is 2. The van der Waals surface area contributed by atoms with E-state index in [-0.39, 0.29) is 23.5 Å². The van der Waals surface area contributed by atoms with Crippen molar-refractivity contribution in [1.82, 2.24) is 0 Å². The molecule has 0 aromatic heterocycles. The molecule has 1 fully saturated rings. The Hall–Kier alpha value is -0.900. The van der Waals surface area contributed by atoms with Crippen LogP contribution >= 0.6 is 0 Å². The summed E-state index contributed by atoms with van der Waals surface area (Å²) in [5, 5.41) is 20.4. The molecule has 1 aliphatic rings. The highest BCUT2D eigenvalue weighted by atomic mass is 16.4. The lowest BCUT2D eigenvalue weighted by Crippen LogP contribution is -2.33. The Morgan fingerprint density at radius 1 is 1.15 bits per heavy atom. The Bertz CT molecular complexity index is 443. The zero-order valence-electron chi connectivity index (χ0n) is 17.3. The fourth-order valence-electron chi connectivity index (χ4n) is 4.61. The van der Waals surface area contributed by atoms with Gasteiger partial charge in [-0.25, -0.2) is 0 Å². The van der Waals surface area contributed by atoms with Gasteiger partial charge in [0.05, 0.1) is 11.5 Å². The molecule has 26 heavy (non-hydrogen) atoms. The van der Waals surface area contributed by atoms with E-state index < -0.39 is 17.5 Å². The second-order valence-electron chi connectivity index (χ2n) is 8.77. The molecule has 1 rings (SSSR count). The molecule has 0 saturated heterocycles. The molecule has 2 N–H and O–H groups in total. The number of aliphatic carboxylic acids is 1. The normalized spacial score (nSPS) is 26.7. The van der Waals surface area contributed by atoms with E-state index in [1.54, 1.807) is 0 Å². The van der Waals surface area contributed by atoms with Gasteiger partial charge >= 0.3 is 5.97 Å². The summed E-state index contributed by atoms with van der Waals surface area (Å²) < 4.78 is 0. The van der Waals surface area contributed by atoms with E-state index >= 15 is 0 Å². The molecular weight excluding hydrogens is 328 g/mol. The first-order valence-corrected chi connectivity index (χ1v) is 10.7. The quantitative estimate of drug-likeness (QED) is 0.437. The van der Waals surface area contributed by atoms with E-state index in [9.17, 15) is 19.8 Å². The van der Waals surface area contributed by atoms with E-state index in [2.05, 4.69) is 20.8 Å². The number of ketones is 1. The van der Waals surface area contributed by atoms with Gasteiger partial charge in [-0.2, -0.15) is 0 Å². The van der Waals surface area contributed by atoms with Crippen LogP contribution in [0.25, 0.3) is 0 Å². The summed E-state index contributed by atoms with van der Waals surface area (Å²) in [7, 11) is 0. The highest BCUT2D eigenvalue weighted by Gasteiger charge is 2.46. The van der Waals surface area contributed by atoms with Gasteiger partial charge in [-0.15, -0.1) is 0 Å². The Kier molecular flexibility index (Phi) is 9.84. The van der Waals surface area contributed by atoms with Crippen LogP contribution in [-0.4, -0.2) is 27.6 Å². The molecule has 0 heterocycles. The first-order chi connectivity index (χ1) is 12.2. The zero-order valence-corrected chi connectivity index (χ0v) is 17.3. The minimum atomic E-state index is -0.826. The number of carbonyl (C=O) groups is 2. The highest BCUT2D eigenvalue weighted by Crippen LogP contribution is 2.44. The Balaban J connectivity index is 2.75. The van der Waals surface area contributed by atoms with Gasteiger partial charge < -0.3 is 10.2 Å². The lowest BCUT2D eigenvalue weighted by atomic mass is 9.75. The van der Waals surface area contributed by atoms with E-state index in [4.69, 9.17) is 0 Å². The maximum Gasteiger partial charge on any atom is 0.307 e. The fourth-order valence-corrected chi connectivity index (χ4v) is 4.61. The largest absolute Gasteiger partial charge is 0.481 e. The molecular formula is C22H40O4. The molecule has 1 aliphatic carbocycles. The van der Waals surface area contributed by atoms with Gasteiger partial charge in [-0.1, -0.05) is 59.3 Å². The molecule has 0 aromatic carbocycles. The molecule has 0 aromatic rings. The van der Waals surface area contributed by atoms with Gasteiger partial charge in [0.15, 0.2) is 0 Å². The van der Waals surface area contributed by atoms with Gasteiger partial charge in [-0.05, 0) is 44.4 Å². The third-order valence-electron chi connectivity index (χ3n) is 6.29. The van der Waals surface area contributed by atoms with Crippen molar-refractivity contribution in [1.29, 1.82) is 0 Å². The maximum atomic E-state index is 12.6. The number of aliphatic hydroxyl groups is 1. The molecule has 152 valence electrons. The summed E-state index contributed by atoms with van der Waals surface area (Å²) in [5.41, 5.74) is -0.716. The van der Waals surface area contributed by atoms with Gasteiger partial charge in [0.2, 0.25) is 0 Å². The molecule has 4 nitrogen and oxygen atoms in total. The number of carboxylic acids is 1. The molecule has 0 amide bonds. The lowest BCUT2D eigenvalue weighted by Gasteiger charge is -2.30. The standard InChI is InChI=1S/C22H40O4/c1-5-7-9-11-18(21(24)25)20-17(16(3)15-19(20)23)12-14-22(4,26)13-10-8-6-2/h16-18,20,26H,5-15H2,1-4H3,(H,24,25)/t16-,17+,18?,20-,22?/m1/s1. The van der Waals surface area contributed by atoms with E-state index in [0.29, 0.717) is 19.3 Å². The van der Waals surface area contributed by atoms with E-state index in [1.165, 1.54) is 0 Å². The molecule has 0 bridgehead atoms. The Morgan fingerprint density at radius 3 is 2.35 bits per heavy atom. The van der Waals surface area contributed by atoms with Gasteiger partial charge in [-0.3, -0.25) is 9.59 Å². The first-order valence-electron chi connectivity index (χ1n) is 10.7. The summed E-state index contributed by atoms with van der Waals surface area (Å²) in [6.45, 7) is 8.20. The van der Waals surface area contributed by atoms with Crippen molar-refractivity contribution >= 4 is 11.8 Å². The van der Waals surface area contributed by atoms with Crippen molar-refractivity contribution in [3.8, 4) is 0 Å². The fraction of sp³-hybridized carbons (Fsp3) is 0.909. The zero-order chi connectivity index (χ0) is 19.7. The van der Waals surface area contributed by atoms with Crippen LogP contribution in [0, 0.1) is 23.7 Å². The van der Waals surface area contributed by atoms with Crippen LogP contribution in [0.1, 0.15) is 98.3 Å². The number of Topliss-reactive ketones (excluding diaryl/α,β-unsaturated/α-hetero) is 1. The second-order valence-corrected chi connectivity index (χ2v) is 8.77. The van der Waals surface area contributed by atoms with E-state index in [0.717, 1.165) is 51.4 Å². The smallest absolute Gasteiger partial charge is 0.307 e. The average molecular weight is 369 g/mol. The summed E-state index contributed by atoms with van der Waals surface area (Å²) in [4.78, 5) is 24.4. The van der Waals surface area contributed by atoms with Crippen LogP contribution in [-0.2, 0) is 9.59 Å². The lowest BCUT2D eigenvalue weighted by molar-refractivity contribution is -0.147. The van der Waals surface area contributed by atoms with Crippen molar-refractivity contribution in [2.45, 2.75) is 104 Å². The molecule has 4 heteroatoms. The van der Waals surface area contributed by atoms with Crippen LogP contribution < -0.4 is 0 Å². The third-order valence-corrected chi connectivity index (χ3v) is 6.29. The monoisotopic (exact) mass is 368 g/mol. The van der Waals surface area contributed by atoms with Gasteiger partial charge in [0.1, 0.15) is 5.78 Å². The number of rotatable bonds is 13. The topological polar surface area (TPSA) is 74.6 Å². The van der Waals surface area contributed by atoms with Crippen LogP contribution in [0.3, 0.4) is 0 Å². The molecule has 0 spiro atoms. The van der Waals surface area contributed by atoms with Crippen molar-refractivity contribution < 1.29 is 19.8 Å². The Morgan fingerprint density at radius 2 is 1.77 bits per heavy atom. The minimum absolute atomic E-state index is 0.0860. The predicted octanol–water partition coefficient (Wildman–Crippen LogP) is 5.22. The number of carboxylic acid groups (broad SMARTS) is 1.